The highest BCUT2D eigenvalue weighted by atomic mass is 19.1. The summed E-state index contributed by atoms with van der Waals surface area (Å²) in [5, 5.41) is 21.9. The van der Waals surface area contributed by atoms with Gasteiger partial charge in [0.2, 0.25) is 0 Å². The molecule has 3 rings (SSSR count). The minimum atomic E-state index is -0.784. The molecule has 1 saturated heterocycles. The van der Waals surface area contributed by atoms with Crippen LogP contribution in [0.15, 0.2) is 42.5 Å². The predicted molar refractivity (Wildman–Crippen MR) is 91.1 cm³/mol. The third-order valence-electron chi connectivity index (χ3n) is 4.12. The van der Waals surface area contributed by atoms with Gasteiger partial charge in [-0.15, -0.1) is 0 Å². The van der Waals surface area contributed by atoms with E-state index in [-0.39, 0.29) is 18.2 Å². The van der Waals surface area contributed by atoms with E-state index in [1.54, 1.807) is 0 Å². The molecule has 0 aromatic heterocycles. The number of carbonyl (C=O) groups is 1. The maximum atomic E-state index is 12.9. The smallest absolute Gasteiger partial charge is 0.277 e. The number of carbonyl (C=O) groups excluding carboxylic acids is 1. The van der Waals surface area contributed by atoms with E-state index in [2.05, 4.69) is 0 Å². The van der Waals surface area contributed by atoms with Crippen LogP contribution in [0.5, 0.6) is 5.75 Å². The monoisotopic (exact) mass is 375 g/mol. The Bertz CT molecular complexity index is 870. The van der Waals surface area contributed by atoms with Gasteiger partial charge in [0.25, 0.3) is 17.3 Å². The first-order chi connectivity index (χ1) is 12.8. The van der Waals surface area contributed by atoms with Gasteiger partial charge in [-0.3, -0.25) is 25.0 Å². The number of halogens is 1. The molecule has 1 aliphatic heterocycles. The minimum Gasteiger partial charge on any atom is -0.489 e. The van der Waals surface area contributed by atoms with E-state index in [1.165, 1.54) is 29.2 Å². The molecule has 1 aliphatic rings. The van der Waals surface area contributed by atoms with Gasteiger partial charge in [0.05, 0.1) is 28.0 Å². The lowest BCUT2D eigenvalue weighted by Crippen LogP contribution is -2.31. The molecule has 1 heterocycles. The summed E-state index contributed by atoms with van der Waals surface area (Å²) in [5.74, 6) is -0.480. The number of nitro benzene ring substituents is 2. The van der Waals surface area contributed by atoms with Crippen molar-refractivity contribution in [2.75, 3.05) is 13.1 Å². The zero-order valence-electron chi connectivity index (χ0n) is 13.9. The number of nitrogens with zero attached hydrogens (tertiary/aromatic N) is 3. The Hall–Kier alpha value is -3.56. The van der Waals surface area contributed by atoms with E-state index >= 15 is 0 Å². The molecule has 9 nitrogen and oxygen atoms in total. The fraction of sp³-hybridized carbons (Fsp3) is 0.235. The molecule has 1 fully saturated rings. The lowest BCUT2D eigenvalue weighted by atomic mass is 10.1. The van der Waals surface area contributed by atoms with Crippen LogP contribution in [0.4, 0.5) is 15.8 Å². The molecule has 0 saturated carbocycles. The first-order valence-electron chi connectivity index (χ1n) is 7.99. The summed E-state index contributed by atoms with van der Waals surface area (Å²) in [6.45, 7) is 0.549. The van der Waals surface area contributed by atoms with Crippen molar-refractivity contribution >= 4 is 17.3 Å². The van der Waals surface area contributed by atoms with E-state index < -0.39 is 32.9 Å². The molecule has 1 amide bonds. The summed E-state index contributed by atoms with van der Waals surface area (Å²) in [5.41, 5.74) is -1.17. The second kappa shape index (κ2) is 7.36. The number of nitro groups is 2. The Morgan fingerprint density at radius 2 is 1.67 bits per heavy atom. The molecule has 0 bridgehead atoms. The Morgan fingerprint density at radius 3 is 2.22 bits per heavy atom. The van der Waals surface area contributed by atoms with Crippen molar-refractivity contribution in [3.63, 3.8) is 0 Å². The molecule has 27 heavy (non-hydrogen) atoms. The van der Waals surface area contributed by atoms with Gasteiger partial charge < -0.3 is 9.64 Å². The lowest BCUT2D eigenvalue weighted by Gasteiger charge is -2.17. The van der Waals surface area contributed by atoms with Crippen molar-refractivity contribution in [1.82, 2.24) is 4.90 Å². The molecule has 1 atom stereocenters. The molecule has 1 unspecified atom stereocenters. The fourth-order valence-electron chi connectivity index (χ4n) is 2.83. The molecule has 2 aromatic carbocycles. The van der Waals surface area contributed by atoms with Crippen molar-refractivity contribution < 1.29 is 23.8 Å². The fourth-order valence-corrected chi connectivity index (χ4v) is 2.83. The first-order valence-corrected chi connectivity index (χ1v) is 7.99. The summed E-state index contributed by atoms with van der Waals surface area (Å²) in [4.78, 5) is 34.4. The SMILES string of the molecule is O=C(c1cc([N+](=O)[O-])cc([N+](=O)[O-])c1)N1CCC(Oc2ccc(F)cc2)C1. The molecule has 140 valence electrons. The quantitative estimate of drug-likeness (QED) is 0.586. The van der Waals surface area contributed by atoms with Crippen LogP contribution in [0.25, 0.3) is 0 Å². The van der Waals surface area contributed by atoms with Crippen LogP contribution >= 0.6 is 0 Å². The first kappa shape index (κ1) is 18.2. The van der Waals surface area contributed by atoms with Gasteiger partial charge in [-0.25, -0.2) is 4.39 Å². The predicted octanol–water partition coefficient (Wildman–Crippen LogP) is 2.94. The van der Waals surface area contributed by atoms with Crippen molar-refractivity contribution in [3.05, 3.63) is 74.1 Å². The number of benzene rings is 2. The Morgan fingerprint density at radius 1 is 1.07 bits per heavy atom. The number of amides is 1. The van der Waals surface area contributed by atoms with Crippen LogP contribution < -0.4 is 4.74 Å². The van der Waals surface area contributed by atoms with Crippen LogP contribution in [-0.4, -0.2) is 39.8 Å². The normalized spacial score (nSPS) is 16.2. The van der Waals surface area contributed by atoms with Gasteiger partial charge >= 0.3 is 0 Å². The topological polar surface area (TPSA) is 116 Å². The van der Waals surface area contributed by atoms with Gasteiger partial charge in [-0.1, -0.05) is 0 Å². The molecule has 0 aliphatic carbocycles. The molecule has 10 heteroatoms. The zero-order valence-corrected chi connectivity index (χ0v) is 13.9. The minimum absolute atomic E-state index is 0.127. The number of rotatable bonds is 5. The summed E-state index contributed by atoms with van der Waals surface area (Å²) in [7, 11) is 0. The number of ether oxygens (including phenoxy) is 1. The number of hydrogen-bond acceptors (Lipinski definition) is 6. The second-order valence-corrected chi connectivity index (χ2v) is 5.99. The maximum absolute atomic E-state index is 12.9. The largest absolute Gasteiger partial charge is 0.489 e. The van der Waals surface area contributed by atoms with Gasteiger partial charge in [0, 0.05) is 25.1 Å². The molecule has 0 N–H and O–H groups in total. The van der Waals surface area contributed by atoms with E-state index in [0.717, 1.165) is 18.2 Å². The Kier molecular flexibility index (Phi) is 4.97. The summed E-state index contributed by atoms with van der Waals surface area (Å²) in [6.07, 6.45) is 0.188. The van der Waals surface area contributed by atoms with E-state index in [9.17, 15) is 29.4 Å². The average molecular weight is 375 g/mol. The Labute approximate surface area is 152 Å². The lowest BCUT2D eigenvalue weighted by molar-refractivity contribution is -0.394. The number of non-ortho nitro benzene ring substituents is 2. The van der Waals surface area contributed by atoms with Gasteiger partial charge in [0.15, 0.2) is 0 Å². The van der Waals surface area contributed by atoms with Crippen LogP contribution in [0, 0.1) is 26.0 Å². The molecule has 2 aromatic rings. The van der Waals surface area contributed by atoms with Crippen LogP contribution in [-0.2, 0) is 0 Å². The highest BCUT2D eigenvalue weighted by Crippen LogP contribution is 2.25. The number of likely N-dealkylation sites (tertiary alicyclic amines) is 1. The third kappa shape index (κ3) is 4.17. The molecular weight excluding hydrogens is 361 g/mol. The zero-order chi connectivity index (χ0) is 19.6. The maximum Gasteiger partial charge on any atom is 0.277 e. The van der Waals surface area contributed by atoms with Crippen molar-refractivity contribution in [3.8, 4) is 5.75 Å². The molecule has 0 radical (unpaired) electrons. The van der Waals surface area contributed by atoms with Gasteiger partial charge in [-0.05, 0) is 24.3 Å². The highest BCUT2D eigenvalue weighted by molar-refractivity contribution is 5.95. The average Bonchev–Trinajstić information content (AvgIpc) is 3.11. The van der Waals surface area contributed by atoms with Crippen LogP contribution in [0.3, 0.4) is 0 Å². The Balaban J connectivity index is 1.74. The van der Waals surface area contributed by atoms with E-state index in [1.807, 2.05) is 0 Å². The summed E-state index contributed by atoms with van der Waals surface area (Å²) < 4.78 is 18.6. The van der Waals surface area contributed by atoms with Crippen molar-refractivity contribution in [2.45, 2.75) is 12.5 Å². The van der Waals surface area contributed by atoms with E-state index in [0.29, 0.717) is 18.7 Å². The van der Waals surface area contributed by atoms with Crippen molar-refractivity contribution in [1.29, 1.82) is 0 Å². The van der Waals surface area contributed by atoms with Crippen LogP contribution in [0.1, 0.15) is 16.8 Å². The van der Waals surface area contributed by atoms with Crippen molar-refractivity contribution in [2.24, 2.45) is 0 Å². The van der Waals surface area contributed by atoms with Gasteiger partial charge in [-0.2, -0.15) is 0 Å². The number of hydrogen-bond donors (Lipinski definition) is 0. The molecular formula is C17H14FN3O6. The standard InChI is InChI=1S/C17H14FN3O6/c18-12-1-3-15(4-2-12)27-16-5-6-19(10-16)17(22)11-7-13(20(23)24)9-14(8-11)21(25)26/h1-4,7-9,16H,5-6,10H2. The molecule has 0 spiro atoms. The van der Waals surface area contributed by atoms with Crippen LogP contribution in [0.2, 0.25) is 0 Å². The summed E-state index contributed by atoms with van der Waals surface area (Å²) in [6, 6.07) is 8.31. The van der Waals surface area contributed by atoms with E-state index in [4.69, 9.17) is 4.74 Å². The third-order valence-corrected chi connectivity index (χ3v) is 4.12. The summed E-state index contributed by atoms with van der Waals surface area (Å²) >= 11 is 0. The highest BCUT2D eigenvalue weighted by Gasteiger charge is 2.30. The second-order valence-electron chi connectivity index (χ2n) is 5.99. The van der Waals surface area contributed by atoms with Gasteiger partial charge in [0.1, 0.15) is 17.7 Å².